The molecule has 2 heteroatoms. The van der Waals surface area contributed by atoms with Crippen LogP contribution in [-0.4, -0.2) is 6.43 Å². The summed E-state index contributed by atoms with van der Waals surface area (Å²) in [5, 5.41) is 0. The van der Waals surface area contributed by atoms with E-state index < -0.39 is 12.3 Å². The van der Waals surface area contributed by atoms with Crippen LogP contribution >= 0.6 is 0 Å². The van der Waals surface area contributed by atoms with Gasteiger partial charge in [-0.2, -0.15) is 0 Å². The summed E-state index contributed by atoms with van der Waals surface area (Å²) in [5.74, 6) is -0.287. The Bertz CT molecular complexity index is 81.3. The Morgan fingerprint density at radius 3 is 2.00 bits per heavy atom. The Labute approximate surface area is 61.6 Å². The lowest BCUT2D eigenvalue weighted by Crippen LogP contribution is -2.15. The van der Waals surface area contributed by atoms with E-state index in [2.05, 4.69) is 0 Å². The fourth-order valence-corrected chi connectivity index (χ4v) is 0.967. The minimum atomic E-state index is -2.15. The van der Waals surface area contributed by atoms with E-state index in [0.29, 0.717) is 0 Å². The molecule has 0 aliphatic heterocycles. The first-order valence-electron chi connectivity index (χ1n) is 3.87. The van der Waals surface area contributed by atoms with Crippen molar-refractivity contribution >= 4 is 0 Å². The predicted octanol–water partition coefficient (Wildman–Crippen LogP) is 3.32. The largest absolute Gasteiger partial charge is 0.241 e. The quantitative estimate of drug-likeness (QED) is 0.576. The molecule has 0 N–H and O–H groups in total. The van der Waals surface area contributed by atoms with Gasteiger partial charge in [-0.3, -0.25) is 0 Å². The molecule has 0 spiro atoms. The first-order chi connectivity index (χ1) is 4.59. The van der Waals surface area contributed by atoms with Crippen LogP contribution in [0.15, 0.2) is 0 Å². The molecule has 0 saturated carbocycles. The summed E-state index contributed by atoms with van der Waals surface area (Å²) in [6.07, 6.45) is -0.245. The highest BCUT2D eigenvalue weighted by molar-refractivity contribution is 4.62. The topological polar surface area (TPSA) is 0 Å². The van der Waals surface area contributed by atoms with Gasteiger partial charge in [-0.05, 0) is 5.92 Å². The molecule has 0 saturated heterocycles. The molecule has 62 valence electrons. The van der Waals surface area contributed by atoms with Gasteiger partial charge in [0, 0.05) is 5.92 Å². The van der Waals surface area contributed by atoms with Gasteiger partial charge in [-0.15, -0.1) is 0 Å². The molecule has 0 aromatic heterocycles. The smallest absolute Gasteiger partial charge is 0.210 e. The molecule has 0 rings (SSSR count). The van der Waals surface area contributed by atoms with Gasteiger partial charge in [0.2, 0.25) is 6.43 Å². The lowest BCUT2D eigenvalue weighted by atomic mass is 9.92. The Balaban J connectivity index is 3.58. The highest BCUT2D eigenvalue weighted by atomic mass is 19.3. The van der Waals surface area contributed by atoms with E-state index in [-0.39, 0.29) is 5.92 Å². The first-order valence-corrected chi connectivity index (χ1v) is 3.87. The second-order valence-electron chi connectivity index (χ2n) is 2.96. The van der Waals surface area contributed by atoms with Gasteiger partial charge < -0.3 is 0 Å². The lowest BCUT2D eigenvalue weighted by Gasteiger charge is -2.17. The summed E-state index contributed by atoms with van der Waals surface area (Å²) >= 11 is 0. The molecule has 0 aliphatic rings. The molecule has 10 heavy (non-hydrogen) atoms. The Kier molecular flexibility index (Phi) is 4.58. The van der Waals surface area contributed by atoms with Crippen molar-refractivity contribution in [1.82, 2.24) is 0 Å². The first kappa shape index (κ1) is 9.86. The zero-order valence-corrected chi connectivity index (χ0v) is 6.90. The maximum absolute atomic E-state index is 12.0. The van der Waals surface area contributed by atoms with Crippen molar-refractivity contribution < 1.29 is 8.78 Å². The number of hydrogen-bond acceptors (Lipinski definition) is 0. The summed E-state index contributed by atoms with van der Waals surface area (Å²) in [6.45, 7) is 5.53. The fourth-order valence-electron chi connectivity index (χ4n) is 0.967. The van der Waals surface area contributed by atoms with E-state index >= 15 is 0 Å². The number of hydrogen-bond donors (Lipinski definition) is 0. The maximum Gasteiger partial charge on any atom is 0.241 e. The fraction of sp³-hybridized carbons (Fsp3) is 1.00. The molecule has 0 fully saturated rings. The van der Waals surface area contributed by atoms with Crippen LogP contribution in [0.4, 0.5) is 8.78 Å². The summed E-state index contributed by atoms with van der Waals surface area (Å²) in [7, 11) is 0. The third-order valence-corrected chi connectivity index (χ3v) is 2.04. The standard InChI is InChI=1S/C8H16F2/c1-4-5-6(2)7(3)8(9)10/h6-8H,4-5H2,1-3H3/t6?,7-/m0/s1. The number of rotatable bonds is 4. The summed E-state index contributed by atoms with van der Waals surface area (Å²) < 4.78 is 24.0. The van der Waals surface area contributed by atoms with E-state index in [1.54, 1.807) is 6.92 Å². The molecule has 0 heterocycles. The van der Waals surface area contributed by atoms with Crippen LogP contribution < -0.4 is 0 Å². The van der Waals surface area contributed by atoms with Crippen molar-refractivity contribution in [2.24, 2.45) is 11.8 Å². The van der Waals surface area contributed by atoms with Gasteiger partial charge in [-0.1, -0.05) is 33.6 Å². The van der Waals surface area contributed by atoms with Crippen molar-refractivity contribution in [1.29, 1.82) is 0 Å². The average Bonchev–Trinajstić information content (AvgIpc) is 1.87. The lowest BCUT2D eigenvalue weighted by molar-refractivity contribution is 0.0557. The summed E-state index contributed by atoms with van der Waals surface area (Å²) in [5.41, 5.74) is 0. The van der Waals surface area contributed by atoms with Gasteiger partial charge >= 0.3 is 0 Å². The molecule has 0 bridgehead atoms. The van der Waals surface area contributed by atoms with Crippen LogP contribution in [-0.2, 0) is 0 Å². The third-order valence-electron chi connectivity index (χ3n) is 2.04. The van der Waals surface area contributed by atoms with Gasteiger partial charge in [0.25, 0.3) is 0 Å². The molecular formula is C8H16F2. The molecule has 1 unspecified atom stereocenters. The molecule has 0 radical (unpaired) electrons. The summed E-state index contributed by atoms with van der Waals surface area (Å²) in [6, 6.07) is 0. The molecule has 2 atom stereocenters. The molecule has 0 aromatic rings. The number of halogens is 2. The van der Waals surface area contributed by atoms with Gasteiger partial charge in [0.1, 0.15) is 0 Å². The highest BCUT2D eigenvalue weighted by Crippen LogP contribution is 2.22. The van der Waals surface area contributed by atoms with E-state index in [1.807, 2.05) is 13.8 Å². The molecule has 0 amide bonds. The van der Waals surface area contributed by atoms with Crippen molar-refractivity contribution in [3.05, 3.63) is 0 Å². The van der Waals surface area contributed by atoms with Crippen LogP contribution in [0.3, 0.4) is 0 Å². The number of alkyl halides is 2. The van der Waals surface area contributed by atoms with E-state index in [0.717, 1.165) is 12.8 Å². The van der Waals surface area contributed by atoms with Gasteiger partial charge in [0.05, 0.1) is 0 Å². The third kappa shape index (κ3) is 3.14. The molecule has 0 aromatic carbocycles. The van der Waals surface area contributed by atoms with E-state index in [1.165, 1.54) is 0 Å². The van der Waals surface area contributed by atoms with Crippen LogP contribution in [0.5, 0.6) is 0 Å². The van der Waals surface area contributed by atoms with Gasteiger partial charge in [-0.25, -0.2) is 8.78 Å². The Morgan fingerprint density at radius 1 is 1.20 bits per heavy atom. The molecule has 0 nitrogen and oxygen atoms in total. The van der Waals surface area contributed by atoms with Gasteiger partial charge in [0.15, 0.2) is 0 Å². The van der Waals surface area contributed by atoms with Crippen molar-refractivity contribution in [3.8, 4) is 0 Å². The zero-order chi connectivity index (χ0) is 8.15. The monoisotopic (exact) mass is 150 g/mol. The van der Waals surface area contributed by atoms with Crippen LogP contribution in [0, 0.1) is 11.8 Å². The Morgan fingerprint density at radius 2 is 1.70 bits per heavy atom. The maximum atomic E-state index is 12.0. The van der Waals surface area contributed by atoms with E-state index in [4.69, 9.17) is 0 Å². The minimum absolute atomic E-state index is 0.157. The van der Waals surface area contributed by atoms with Crippen molar-refractivity contribution in [3.63, 3.8) is 0 Å². The van der Waals surface area contributed by atoms with Crippen molar-refractivity contribution in [2.75, 3.05) is 0 Å². The zero-order valence-electron chi connectivity index (χ0n) is 6.90. The summed E-state index contributed by atoms with van der Waals surface area (Å²) in [4.78, 5) is 0. The second kappa shape index (κ2) is 4.64. The van der Waals surface area contributed by atoms with E-state index in [9.17, 15) is 8.78 Å². The molecular weight excluding hydrogens is 134 g/mol. The normalized spacial score (nSPS) is 17.4. The molecule has 0 aliphatic carbocycles. The average molecular weight is 150 g/mol. The minimum Gasteiger partial charge on any atom is -0.210 e. The van der Waals surface area contributed by atoms with Crippen LogP contribution in [0.25, 0.3) is 0 Å². The van der Waals surface area contributed by atoms with Crippen LogP contribution in [0.1, 0.15) is 33.6 Å². The highest BCUT2D eigenvalue weighted by Gasteiger charge is 2.20. The van der Waals surface area contributed by atoms with Crippen LogP contribution in [0.2, 0.25) is 0 Å². The second-order valence-corrected chi connectivity index (χ2v) is 2.96. The predicted molar refractivity (Wildman–Crippen MR) is 39.2 cm³/mol. The Hall–Kier alpha value is -0.140. The SMILES string of the molecule is CCCC(C)[C@H](C)C(F)F. The van der Waals surface area contributed by atoms with Crippen molar-refractivity contribution in [2.45, 2.75) is 40.0 Å².